The number of piperidine rings is 1. The third-order valence-electron chi connectivity index (χ3n) is 4.06. The van der Waals surface area contributed by atoms with E-state index in [1.807, 2.05) is 13.8 Å². The molecule has 1 unspecified atom stereocenters. The summed E-state index contributed by atoms with van der Waals surface area (Å²) in [5, 5.41) is 25.4. The number of anilines is 1. The van der Waals surface area contributed by atoms with E-state index in [-0.39, 0.29) is 12.4 Å². The smallest absolute Gasteiger partial charge is 0.162 e. The molecular formula is C14H23N5O. The number of rotatable bonds is 4. The number of nitrogens with zero attached hydrogens (tertiary/aromatic N) is 3. The minimum absolute atomic E-state index is 0.0415. The Balaban J connectivity index is 2.32. The number of nitrogens with two attached hydrogens (primary N) is 1. The van der Waals surface area contributed by atoms with Crippen molar-refractivity contribution in [3.8, 4) is 0 Å². The van der Waals surface area contributed by atoms with Crippen LogP contribution in [0.1, 0.15) is 36.1 Å². The molecule has 0 spiro atoms. The van der Waals surface area contributed by atoms with E-state index >= 15 is 0 Å². The van der Waals surface area contributed by atoms with Crippen LogP contribution in [0.4, 0.5) is 5.82 Å². The van der Waals surface area contributed by atoms with E-state index in [9.17, 15) is 0 Å². The van der Waals surface area contributed by atoms with Crippen molar-refractivity contribution in [1.82, 2.24) is 10.2 Å². The zero-order chi connectivity index (χ0) is 14.7. The summed E-state index contributed by atoms with van der Waals surface area (Å²) in [5.41, 5.74) is 8.16. The summed E-state index contributed by atoms with van der Waals surface area (Å²) >= 11 is 0. The van der Waals surface area contributed by atoms with Crippen molar-refractivity contribution >= 4 is 11.7 Å². The van der Waals surface area contributed by atoms with Crippen LogP contribution in [0.3, 0.4) is 0 Å². The molecule has 1 aromatic heterocycles. The molecule has 1 aliphatic heterocycles. The first kappa shape index (κ1) is 14.7. The molecule has 0 radical (unpaired) electrons. The zero-order valence-electron chi connectivity index (χ0n) is 12.2. The quantitative estimate of drug-likeness (QED) is 0.562. The molecule has 2 heterocycles. The van der Waals surface area contributed by atoms with E-state index in [2.05, 4.69) is 15.1 Å². The summed E-state index contributed by atoms with van der Waals surface area (Å²) in [7, 11) is 0. The highest BCUT2D eigenvalue weighted by Crippen LogP contribution is 2.27. The molecule has 6 heteroatoms. The number of nitrogens with one attached hydrogen (secondary N) is 1. The van der Waals surface area contributed by atoms with Gasteiger partial charge >= 0.3 is 0 Å². The van der Waals surface area contributed by atoms with E-state index in [0.29, 0.717) is 17.3 Å². The SMILES string of the molecule is Cc1nnc(N2CCCC(CCO)C2)c(C(=N)N)c1C. The van der Waals surface area contributed by atoms with Crippen molar-refractivity contribution < 1.29 is 5.11 Å². The lowest BCUT2D eigenvalue weighted by molar-refractivity contribution is 0.244. The highest BCUT2D eigenvalue weighted by molar-refractivity contribution is 6.01. The van der Waals surface area contributed by atoms with Crippen LogP contribution in [-0.2, 0) is 0 Å². The van der Waals surface area contributed by atoms with Crippen LogP contribution in [0.2, 0.25) is 0 Å². The lowest BCUT2D eigenvalue weighted by Crippen LogP contribution is -2.38. The molecule has 0 aliphatic carbocycles. The number of amidine groups is 1. The third-order valence-corrected chi connectivity index (χ3v) is 4.06. The molecule has 110 valence electrons. The van der Waals surface area contributed by atoms with Crippen molar-refractivity contribution in [1.29, 1.82) is 5.41 Å². The maximum Gasteiger partial charge on any atom is 0.162 e. The van der Waals surface area contributed by atoms with Gasteiger partial charge in [0.25, 0.3) is 0 Å². The molecular weight excluding hydrogens is 254 g/mol. The fourth-order valence-corrected chi connectivity index (χ4v) is 2.82. The molecule has 0 bridgehead atoms. The maximum absolute atomic E-state index is 9.10. The molecule has 1 fully saturated rings. The summed E-state index contributed by atoms with van der Waals surface area (Å²) < 4.78 is 0. The number of aryl methyl sites for hydroxylation is 1. The third kappa shape index (κ3) is 2.90. The summed E-state index contributed by atoms with van der Waals surface area (Å²) in [4.78, 5) is 2.15. The Hall–Kier alpha value is -1.69. The molecule has 1 atom stereocenters. The average Bonchev–Trinajstić information content (AvgIpc) is 2.42. The predicted molar refractivity (Wildman–Crippen MR) is 79.2 cm³/mol. The molecule has 1 aromatic rings. The normalized spacial score (nSPS) is 19.1. The second-order valence-corrected chi connectivity index (χ2v) is 5.49. The maximum atomic E-state index is 9.10. The van der Waals surface area contributed by atoms with Gasteiger partial charge in [-0.05, 0) is 44.6 Å². The minimum Gasteiger partial charge on any atom is -0.396 e. The van der Waals surface area contributed by atoms with Crippen LogP contribution in [0.15, 0.2) is 0 Å². The van der Waals surface area contributed by atoms with Crippen LogP contribution in [0.25, 0.3) is 0 Å². The largest absolute Gasteiger partial charge is 0.396 e. The van der Waals surface area contributed by atoms with E-state index in [4.69, 9.17) is 16.2 Å². The Morgan fingerprint density at radius 3 is 2.85 bits per heavy atom. The van der Waals surface area contributed by atoms with E-state index in [1.54, 1.807) is 0 Å². The van der Waals surface area contributed by atoms with Crippen molar-refractivity contribution in [3.63, 3.8) is 0 Å². The second kappa shape index (κ2) is 6.17. The zero-order valence-corrected chi connectivity index (χ0v) is 12.2. The van der Waals surface area contributed by atoms with Gasteiger partial charge < -0.3 is 15.7 Å². The fraction of sp³-hybridized carbons (Fsp3) is 0.643. The number of aliphatic hydroxyl groups is 1. The van der Waals surface area contributed by atoms with Gasteiger partial charge in [-0.15, -0.1) is 5.10 Å². The van der Waals surface area contributed by atoms with Gasteiger partial charge in [-0.3, -0.25) is 5.41 Å². The molecule has 6 nitrogen and oxygen atoms in total. The minimum atomic E-state index is 0.0415. The molecule has 20 heavy (non-hydrogen) atoms. The Kier molecular flexibility index (Phi) is 4.54. The van der Waals surface area contributed by atoms with Crippen molar-refractivity contribution in [3.05, 3.63) is 16.8 Å². The Bertz CT molecular complexity index is 501. The number of hydrogen-bond donors (Lipinski definition) is 3. The van der Waals surface area contributed by atoms with Crippen molar-refractivity contribution in [2.75, 3.05) is 24.6 Å². The number of aromatic nitrogens is 2. The van der Waals surface area contributed by atoms with Crippen LogP contribution >= 0.6 is 0 Å². The molecule has 2 rings (SSSR count). The molecule has 0 aromatic carbocycles. The monoisotopic (exact) mass is 277 g/mol. The number of aliphatic hydroxyl groups excluding tert-OH is 1. The average molecular weight is 277 g/mol. The van der Waals surface area contributed by atoms with Crippen molar-refractivity contribution in [2.24, 2.45) is 11.7 Å². The topological polar surface area (TPSA) is 99.1 Å². The van der Waals surface area contributed by atoms with Gasteiger partial charge in [-0.25, -0.2) is 0 Å². The van der Waals surface area contributed by atoms with Gasteiger partial charge in [0, 0.05) is 19.7 Å². The summed E-state index contributed by atoms with van der Waals surface area (Å²) in [6, 6.07) is 0. The Labute approximate surface area is 119 Å². The summed E-state index contributed by atoms with van der Waals surface area (Å²) in [6.07, 6.45) is 3.01. The van der Waals surface area contributed by atoms with Crippen LogP contribution in [0.5, 0.6) is 0 Å². The van der Waals surface area contributed by atoms with Crippen molar-refractivity contribution in [2.45, 2.75) is 33.1 Å². The lowest BCUT2D eigenvalue weighted by Gasteiger charge is -2.34. The van der Waals surface area contributed by atoms with Crippen LogP contribution in [-0.4, -0.2) is 40.8 Å². The molecule has 0 saturated carbocycles. The van der Waals surface area contributed by atoms with E-state index in [0.717, 1.165) is 43.6 Å². The van der Waals surface area contributed by atoms with Crippen LogP contribution in [0, 0.1) is 25.2 Å². The Morgan fingerprint density at radius 1 is 1.45 bits per heavy atom. The predicted octanol–water partition coefficient (Wildman–Crippen LogP) is 0.976. The Morgan fingerprint density at radius 2 is 2.20 bits per heavy atom. The first-order valence-corrected chi connectivity index (χ1v) is 7.08. The first-order chi connectivity index (χ1) is 9.54. The van der Waals surface area contributed by atoms with Gasteiger partial charge in [0.15, 0.2) is 5.82 Å². The number of nitrogen functional groups attached to an aromatic ring is 1. The fourth-order valence-electron chi connectivity index (χ4n) is 2.82. The highest BCUT2D eigenvalue weighted by atomic mass is 16.3. The van der Waals surface area contributed by atoms with Gasteiger partial charge in [0.1, 0.15) is 5.84 Å². The standard InChI is InChI=1S/C14H23N5O/c1-9-10(2)17-18-14(12(9)13(15)16)19-6-3-4-11(8-19)5-7-20/h11,20H,3-8H2,1-2H3,(H3,15,16). The van der Waals surface area contributed by atoms with Crippen LogP contribution < -0.4 is 10.6 Å². The highest BCUT2D eigenvalue weighted by Gasteiger charge is 2.25. The molecule has 4 N–H and O–H groups in total. The molecule has 0 amide bonds. The lowest BCUT2D eigenvalue weighted by atomic mass is 9.94. The van der Waals surface area contributed by atoms with Gasteiger partial charge in [-0.2, -0.15) is 5.10 Å². The first-order valence-electron chi connectivity index (χ1n) is 7.08. The van der Waals surface area contributed by atoms with E-state index < -0.39 is 0 Å². The number of hydrogen-bond acceptors (Lipinski definition) is 5. The van der Waals surface area contributed by atoms with Gasteiger partial charge in [-0.1, -0.05) is 0 Å². The summed E-state index contributed by atoms with van der Waals surface area (Å²) in [6.45, 7) is 5.77. The van der Waals surface area contributed by atoms with Gasteiger partial charge in [0.05, 0.1) is 11.3 Å². The summed E-state index contributed by atoms with van der Waals surface area (Å²) in [5.74, 6) is 1.22. The van der Waals surface area contributed by atoms with E-state index in [1.165, 1.54) is 0 Å². The second-order valence-electron chi connectivity index (χ2n) is 5.49. The molecule has 1 aliphatic rings. The van der Waals surface area contributed by atoms with Gasteiger partial charge in [0.2, 0.25) is 0 Å². The molecule has 1 saturated heterocycles.